The van der Waals surface area contributed by atoms with Crippen molar-refractivity contribution in [1.82, 2.24) is 14.9 Å². The van der Waals surface area contributed by atoms with Crippen molar-refractivity contribution in [3.63, 3.8) is 0 Å². The summed E-state index contributed by atoms with van der Waals surface area (Å²) in [5.41, 5.74) is 7.99. The van der Waals surface area contributed by atoms with E-state index in [2.05, 4.69) is 17.3 Å². The van der Waals surface area contributed by atoms with E-state index < -0.39 is 11.7 Å². The molecule has 0 radical (unpaired) electrons. The zero-order valence-corrected chi connectivity index (χ0v) is 21.4. The van der Waals surface area contributed by atoms with Gasteiger partial charge in [-0.25, -0.2) is 9.97 Å². The third kappa shape index (κ3) is 6.96. The van der Waals surface area contributed by atoms with Crippen LogP contribution in [0.2, 0.25) is 0 Å². The molecule has 0 aliphatic rings. The van der Waals surface area contributed by atoms with Crippen LogP contribution >= 0.6 is 0 Å². The summed E-state index contributed by atoms with van der Waals surface area (Å²) in [6, 6.07) is 24.3. The van der Waals surface area contributed by atoms with Gasteiger partial charge in [-0.2, -0.15) is 13.2 Å². The van der Waals surface area contributed by atoms with Crippen molar-refractivity contribution >= 4 is 5.82 Å². The summed E-state index contributed by atoms with van der Waals surface area (Å²) in [7, 11) is 2.06. The summed E-state index contributed by atoms with van der Waals surface area (Å²) in [6.07, 6.45) is -2.66. The molecule has 0 aliphatic heterocycles. The highest BCUT2D eigenvalue weighted by Gasteiger charge is 2.31. The average molecular weight is 520 g/mol. The van der Waals surface area contributed by atoms with Crippen LogP contribution in [0, 0.1) is 0 Å². The minimum absolute atomic E-state index is 0.378. The fraction of sp³-hybridized carbons (Fsp3) is 0.267. The highest BCUT2D eigenvalue weighted by atomic mass is 19.4. The molecule has 0 unspecified atom stereocenters. The van der Waals surface area contributed by atoms with E-state index in [1.807, 2.05) is 60.7 Å². The largest absolute Gasteiger partial charge is 0.416 e. The standard InChI is InChI=1S/C30H32F3N5/c1-38(19-9-17-34)20-10-18-35-29-26(22-11-4-2-5-12-22)27(24-15-8-16-25(21-24)30(31,32)33)36-28(37-29)23-13-6-3-7-14-23/h2-8,11-16,21H,9-10,17-20,34H2,1H3,(H,35,36,37). The Hall–Kier alpha value is -3.75. The molecule has 5 nitrogen and oxygen atoms in total. The van der Waals surface area contributed by atoms with Crippen LogP contribution in [-0.4, -0.2) is 48.1 Å². The number of benzene rings is 3. The number of aromatic nitrogens is 2. The molecule has 0 aliphatic carbocycles. The molecule has 198 valence electrons. The van der Waals surface area contributed by atoms with Crippen LogP contribution < -0.4 is 11.1 Å². The molecule has 8 heteroatoms. The number of nitrogens with two attached hydrogens (primary N) is 1. The van der Waals surface area contributed by atoms with E-state index in [0.29, 0.717) is 41.6 Å². The number of halogens is 3. The van der Waals surface area contributed by atoms with Gasteiger partial charge in [0.2, 0.25) is 0 Å². The van der Waals surface area contributed by atoms with Gasteiger partial charge in [-0.1, -0.05) is 72.8 Å². The fourth-order valence-electron chi connectivity index (χ4n) is 4.26. The Labute approximate surface area is 221 Å². The topological polar surface area (TPSA) is 67.1 Å². The normalized spacial score (nSPS) is 11.6. The molecule has 1 heterocycles. The molecular formula is C30H32F3N5. The van der Waals surface area contributed by atoms with Crippen molar-refractivity contribution in [2.75, 3.05) is 38.5 Å². The van der Waals surface area contributed by atoms with E-state index >= 15 is 0 Å². The molecule has 0 atom stereocenters. The van der Waals surface area contributed by atoms with Gasteiger partial charge < -0.3 is 16.0 Å². The third-order valence-corrected chi connectivity index (χ3v) is 6.22. The van der Waals surface area contributed by atoms with Gasteiger partial charge in [-0.3, -0.25) is 0 Å². The smallest absolute Gasteiger partial charge is 0.369 e. The summed E-state index contributed by atoms with van der Waals surface area (Å²) in [4.78, 5) is 11.9. The summed E-state index contributed by atoms with van der Waals surface area (Å²) >= 11 is 0. The van der Waals surface area contributed by atoms with Crippen molar-refractivity contribution in [3.8, 4) is 33.8 Å². The Balaban J connectivity index is 1.80. The van der Waals surface area contributed by atoms with Crippen molar-refractivity contribution in [2.45, 2.75) is 19.0 Å². The number of alkyl halides is 3. The first-order valence-corrected chi connectivity index (χ1v) is 12.7. The first-order valence-electron chi connectivity index (χ1n) is 12.7. The third-order valence-electron chi connectivity index (χ3n) is 6.22. The Kier molecular flexibility index (Phi) is 9.10. The SMILES string of the molecule is CN(CCCN)CCCNc1nc(-c2ccccc2)nc(-c2cccc(C(F)(F)F)c2)c1-c1ccccc1. The second-order valence-electron chi connectivity index (χ2n) is 9.16. The average Bonchev–Trinajstić information content (AvgIpc) is 2.94. The van der Waals surface area contributed by atoms with Crippen molar-refractivity contribution < 1.29 is 13.2 Å². The lowest BCUT2D eigenvalue weighted by atomic mass is 9.97. The number of rotatable bonds is 11. The van der Waals surface area contributed by atoms with Gasteiger partial charge in [0.1, 0.15) is 5.82 Å². The van der Waals surface area contributed by atoms with Crippen LogP contribution in [0.1, 0.15) is 18.4 Å². The highest BCUT2D eigenvalue weighted by Crippen LogP contribution is 2.39. The van der Waals surface area contributed by atoms with Crippen LogP contribution in [-0.2, 0) is 6.18 Å². The van der Waals surface area contributed by atoms with Gasteiger partial charge in [0.15, 0.2) is 5.82 Å². The molecule has 4 aromatic rings. The maximum Gasteiger partial charge on any atom is 0.416 e. The molecule has 3 aromatic carbocycles. The van der Waals surface area contributed by atoms with Crippen molar-refractivity contribution in [2.24, 2.45) is 5.73 Å². The Bertz CT molecular complexity index is 1310. The molecule has 0 saturated carbocycles. The summed E-state index contributed by atoms with van der Waals surface area (Å²) in [5.74, 6) is 1.03. The summed E-state index contributed by atoms with van der Waals surface area (Å²) in [5, 5.41) is 3.46. The molecule has 0 bridgehead atoms. The monoisotopic (exact) mass is 519 g/mol. The molecule has 4 rings (SSSR count). The molecule has 0 spiro atoms. The molecule has 0 amide bonds. The number of hydrogen-bond donors (Lipinski definition) is 2. The van der Waals surface area contributed by atoms with E-state index in [4.69, 9.17) is 15.7 Å². The lowest BCUT2D eigenvalue weighted by Crippen LogP contribution is -2.24. The zero-order valence-electron chi connectivity index (χ0n) is 21.4. The Morgan fingerprint density at radius 2 is 1.42 bits per heavy atom. The molecular weight excluding hydrogens is 487 g/mol. The minimum Gasteiger partial charge on any atom is -0.369 e. The first-order chi connectivity index (χ1) is 18.4. The summed E-state index contributed by atoms with van der Waals surface area (Å²) in [6.45, 7) is 3.10. The van der Waals surface area contributed by atoms with Crippen LogP contribution in [0.5, 0.6) is 0 Å². The lowest BCUT2D eigenvalue weighted by molar-refractivity contribution is -0.137. The van der Waals surface area contributed by atoms with Crippen LogP contribution in [0.15, 0.2) is 84.9 Å². The van der Waals surface area contributed by atoms with Crippen molar-refractivity contribution in [1.29, 1.82) is 0 Å². The van der Waals surface area contributed by atoms with Crippen LogP contribution in [0.3, 0.4) is 0 Å². The number of anilines is 1. The van der Waals surface area contributed by atoms with Crippen LogP contribution in [0.4, 0.5) is 19.0 Å². The number of hydrogen-bond acceptors (Lipinski definition) is 5. The first kappa shape index (κ1) is 27.3. The van der Waals surface area contributed by atoms with Gasteiger partial charge in [-0.15, -0.1) is 0 Å². The molecule has 3 N–H and O–H groups in total. The number of nitrogens with zero attached hydrogens (tertiary/aromatic N) is 3. The van der Waals surface area contributed by atoms with E-state index in [0.717, 1.165) is 49.2 Å². The van der Waals surface area contributed by atoms with Gasteiger partial charge in [-0.05, 0) is 57.2 Å². The quantitative estimate of drug-likeness (QED) is 0.219. The van der Waals surface area contributed by atoms with E-state index in [1.165, 1.54) is 6.07 Å². The predicted molar refractivity (Wildman–Crippen MR) is 148 cm³/mol. The zero-order chi connectivity index (χ0) is 27.0. The maximum absolute atomic E-state index is 13.6. The molecule has 0 saturated heterocycles. The van der Waals surface area contributed by atoms with Gasteiger partial charge >= 0.3 is 6.18 Å². The summed E-state index contributed by atoms with van der Waals surface area (Å²) < 4.78 is 40.9. The molecule has 38 heavy (non-hydrogen) atoms. The van der Waals surface area contributed by atoms with E-state index in [-0.39, 0.29) is 0 Å². The fourth-order valence-corrected chi connectivity index (χ4v) is 4.26. The van der Waals surface area contributed by atoms with Gasteiger partial charge in [0.05, 0.1) is 16.8 Å². The Morgan fingerprint density at radius 1 is 0.789 bits per heavy atom. The van der Waals surface area contributed by atoms with Crippen LogP contribution in [0.25, 0.3) is 33.8 Å². The Morgan fingerprint density at radius 3 is 2.08 bits per heavy atom. The number of nitrogens with one attached hydrogen (secondary N) is 1. The van der Waals surface area contributed by atoms with Crippen molar-refractivity contribution in [3.05, 3.63) is 90.5 Å². The maximum atomic E-state index is 13.6. The molecule has 1 aromatic heterocycles. The second-order valence-corrected chi connectivity index (χ2v) is 9.16. The highest BCUT2D eigenvalue weighted by molar-refractivity contribution is 5.89. The minimum atomic E-state index is -4.46. The van der Waals surface area contributed by atoms with E-state index in [9.17, 15) is 13.2 Å². The van der Waals surface area contributed by atoms with Gasteiger partial charge in [0, 0.05) is 17.7 Å². The lowest BCUT2D eigenvalue weighted by Gasteiger charge is -2.19. The van der Waals surface area contributed by atoms with E-state index in [1.54, 1.807) is 6.07 Å². The van der Waals surface area contributed by atoms with Gasteiger partial charge in [0.25, 0.3) is 0 Å². The molecule has 0 fully saturated rings. The predicted octanol–water partition coefficient (Wildman–Crippen LogP) is 6.58. The second kappa shape index (κ2) is 12.7.